The highest BCUT2D eigenvalue weighted by Gasteiger charge is 2.44. The van der Waals surface area contributed by atoms with Crippen LogP contribution in [-0.2, 0) is 16.0 Å². The first-order valence-electron chi connectivity index (χ1n) is 13.0. The molecule has 198 valence electrons. The van der Waals surface area contributed by atoms with Gasteiger partial charge in [-0.3, -0.25) is 4.79 Å². The summed E-state index contributed by atoms with van der Waals surface area (Å²) in [6.07, 6.45) is 2.66. The SMILES string of the molecule is O=C(O)C1CC1c1ccc(OC2CCc3c(Oc4ccc(OC5CCOCC5)c(F)c4)ccc(F)c32)cc1. The molecule has 0 radical (unpaired) electrons. The van der Waals surface area contributed by atoms with E-state index in [1.807, 2.05) is 12.1 Å². The first-order chi connectivity index (χ1) is 18.5. The predicted octanol–water partition coefficient (Wildman–Crippen LogP) is 6.57. The summed E-state index contributed by atoms with van der Waals surface area (Å²) in [5, 5.41) is 9.15. The normalized spacial score (nSPS) is 22.5. The Balaban J connectivity index is 1.14. The number of fused-ring (bicyclic) bond motifs is 1. The number of carbonyl (C=O) groups is 1. The van der Waals surface area contributed by atoms with Crippen molar-refractivity contribution in [3.63, 3.8) is 0 Å². The van der Waals surface area contributed by atoms with Gasteiger partial charge >= 0.3 is 5.97 Å². The molecule has 0 spiro atoms. The highest BCUT2D eigenvalue weighted by Crippen LogP contribution is 2.48. The number of ether oxygens (including phenoxy) is 4. The third kappa shape index (κ3) is 5.05. The van der Waals surface area contributed by atoms with E-state index in [4.69, 9.17) is 24.1 Å². The van der Waals surface area contributed by atoms with Crippen LogP contribution in [0.25, 0.3) is 0 Å². The standard InChI is InChI=1S/C30H28F2O6/c31-24-7-10-26(38-20-5-8-27(25(32)15-20)36-19-11-13-35-14-12-19)21-6-9-28(29(21)24)37-18-3-1-17(2-4-18)22-16-23(22)30(33)34/h1-5,7-8,10,15,19,22-23,28H,6,9,11-14,16H2,(H,33,34). The third-order valence-corrected chi connectivity index (χ3v) is 7.53. The van der Waals surface area contributed by atoms with Gasteiger partial charge in [0.15, 0.2) is 11.6 Å². The molecule has 0 aromatic heterocycles. The van der Waals surface area contributed by atoms with Crippen LogP contribution in [0.2, 0.25) is 0 Å². The Labute approximate surface area is 219 Å². The van der Waals surface area contributed by atoms with Crippen molar-refractivity contribution < 1.29 is 37.6 Å². The molecule has 1 saturated heterocycles. The summed E-state index contributed by atoms with van der Waals surface area (Å²) in [5.41, 5.74) is 2.12. The number of halogens is 2. The lowest BCUT2D eigenvalue weighted by Gasteiger charge is -2.23. The third-order valence-electron chi connectivity index (χ3n) is 7.53. The summed E-state index contributed by atoms with van der Waals surface area (Å²) in [6.45, 7) is 1.21. The molecule has 1 saturated carbocycles. The molecule has 38 heavy (non-hydrogen) atoms. The first-order valence-corrected chi connectivity index (χ1v) is 13.0. The second-order valence-electron chi connectivity index (χ2n) is 10.1. The van der Waals surface area contributed by atoms with E-state index in [9.17, 15) is 13.6 Å². The lowest BCUT2D eigenvalue weighted by molar-refractivity contribution is -0.138. The molecule has 1 heterocycles. The van der Waals surface area contributed by atoms with Gasteiger partial charge < -0.3 is 24.1 Å². The fourth-order valence-electron chi connectivity index (χ4n) is 5.39. The number of hydrogen-bond acceptors (Lipinski definition) is 5. The minimum absolute atomic E-state index is 0.0400. The summed E-state index contributed by atoms with van der Waals surface area (Å²) >= 11 is 0. The summed E-state index contributed by atoms with van der Waals surface area (Å²) in [5.74, 6) is -0.408. The van der Waals surface area contributed by atoms with Crippen molar-refractivity contribution in [1.82, 2.24) is 0 Å². The van der Waals surface area contributed by atoms with Crippen LogP contribution in [-0.4, -0.2) is 30.4 Å². The van der Waals surface area contributed by atoms with Crippen LogP contribution >= 0.6 is 0 Å². The van der Waals surface area contributed by atoms with E-state index in [-0.39, 0.29) is 29.5 Å². The minimum Gasteiger partial charge on any atom is -0.487 e. The molecule has 3 aliphatic rings. The van der Waals surface area contributed by atoms with Crippen molar-refractivity contribution in [2.75, 3.05) is 13.2 Å². The summed E-state index contributed by atoms with van der Waals surface area (Å²) in [6, 6.07) is 14.7. The van der Waals surface area contributed by atoms with Gasteiger partial charge in [0.25, 0.3) is 0 Å². The number of carboxylic acid groups (broad SMARTS) is 1. The fraction of sp³-hybridized carbons (Fsp3) is 0.367. The number of hydrogen-bond donors (Lipinski definition) is 1. The molecule has 3 atom stereocenters. The van der Waals surface area contributed by atoms with Gasteiger partial charge in [-0.15, -0.1) is 0 Å². The molecule has 2 aliphatic carbocycles. The van der Waals surface area contributed by atoms with Crippen molar-refractivity contribution in [3.8, 4) is 23.0 Å². The largest absolute Gasteiger partial charge is 0.487 e. The Bertz CT molecular complexity index is 1340. The highest BCUT2D eigenvalue weighted by atomic mass is 19.1. The van der Waals surface area contributed by atoms with Gasteiger partial charge in [-0.1, -0.05) is 12.1 Å². The van der Waals surface area contributed by atoms with Gasteiger partial charge in [0.1, 0.15) is 35.3 Å². The van der Waals surface area contributed by atoms with E-state index in [1.165, 1.54) is 12.1 Å². The smallest absolute Gasteiger partial charge is 0.307 e. The van der Waals surface area contributed by atoms with E-state index < -0.39 is 17.9 Å². The van der Waals surface area contributed by atoms with Crippen LogP contribution < -0.4 is 14.2 Å². The molecule has 1 aliphatic heterocycles. The monoisotopic (exact) mass is 522 g/mol. The highest BCUT2D eigenvalue weighted by molar-refractivity contribution is 5.75. The lowest BCUT2D eigenvalue weighted by atomic mass is 10.1. The van der Waals surface area contributed by atoms with Gasteiger partial charge in [-0.25, -0.2) is 8.78 Å². The van der Waals surface area contributed by atoms with E-state index in [2.05, 4.69) is 0 Å². The van der Waals surface area contributed by atoms with Crippen molar-refractivity contribution >= 4 is 5.97 Å². The Hall–Kier alpha value is -3.65. The zero-order chi connectivity index (χ0) is 26.2. The molecule has 1 N–H and O–H groups in total. The van der Waals surface area contributed by atoms with Gasteiger partial charge in [0.2, 0.25) is 0 Å². The number of aliphatic carboxylic acids is 1. The minimum atomic E-state index is -0.770. The second-order valence-corrected chi connectivity index (χ2v) is 10.1. The molecule has 3 aromatic rings. The van der Waals surface area contributed by atoms with E-state index in [0.29, 0.717) is 60.9 Å². The number of benzene rings is 3. The molecule has 0 amide bonds. The topological polar surface area (TPSA) is 74.2 Å². The molecular formula is C30H28F2O6. The Morgan fingerprint density at radius 3 is 2.32 bits per heavy atom. The fourth-order valence-corrected chi connectivity index (χ4v) is 5.39. The lowest BCUT2D eigenvalue weighted by Crippen LogP contribution is -2.26. The van der Waals surface area contributed by atoms with Gasteiger partial charge in [0.05, 0.1) is 19.1 Å². The molecular weight excluding hydrogens is 494 g/mol. The Morgan fingerprint density at radius 2 is 1.61 bits per heavy atom. The average Bonchev–Trinajstić information content (AvgIpc) is 3.62. The second kappa shape index (κ2) is 10.3. The van der Waals surface area contributed by atoms with Crippen molar-refractivity contribution in [2.24, 2.45) is 5.92 Å². The summed E-state index contributed by atoms with van der Waals surface area (Å²) < 4.78 is 52.9. The average molecular weight is 523 g/mol. The Morgan fingerprint density at radius 1 is 0.868 bits per heavy atom. The maximum absolute atomic E-state index is 14.9. The first kappa shape index (κ1) is 24.7. The summed E-state index contributed by atoms with van der Waals surface area (Å²) in [4.78, 5) is 11.1. The molecule has 3 aromatic carbocycles. The van der Waals surface area contributed by atoms with E-state index in [0.717, 1.165) is 18.4 Å². The molecule has 0 bridgehead atoms. The van der Waals surface area contributed by atoms with Crippen LogP contribution in [0.5, 0.6) is 23.0 Å². The van der Waals surface area contributed by atoms with Gasteiger partial charge in [-0.05, 0) is 67.1 Å². The van der Waals surface area contributed by atoms with Crippen molar-refractivity contribution in [1.29, 1.82) is 0 Å². The molecule has 6 nitrogen and oxygen atoms in total. The van der Waals surface area contributed by atoms with Gasteiger partial charge in [0, 0.05) is 30.0 Å². The van der Waals surface area contributed by atoms with E-state index in [1.54, 1.807) is 30.3 Å². The molecule has 3 unspecified atom stereocenters. The zero-order valence-corrected chi connectivity index (χ0v) is 20.7. The zero-order valence-electron chi connectivity index (χ0n) is 20.7. The maximum Gasteiger partial charge on any atom is 0.307 e. The van der Waals surface area contributed by atoms with Crippen LogP contribution in [0, 0.1) is 17.6 Å². The van der Waals surface area contributed by atoms with Crippen LogP contribution in [0.3, 0.4) is 0 Å². The molecule has 2 fully saturated rings. The van der Waals surface area contributed by atoms with Crippen molar-refractivity contribution in [3.05, 3.63) is 82.9 Å². The van der Waals surface area contributed by atoms with Crippen LogP contribution in [0.15, 0.2) is 54.6 Å². The Kier molecular flexibility index (Phi) is 6.66. The van der Waals surface area contributed by atoms with Crippen LogP contribution in [0.1, 0.15) is 54.4 Å². The molecule has 8 heteroatoms. The molecule has 6 rings (SSSR count). The van der Waals surface area contributed by atoms with E-state index >= 15 is 0 Å². The summed E-state index contributed by atoms with van der Waals surface area (Å²) in [7, 11) is 0. The van der Waals surface area contributed by atoms with Gasteiger partial charge in [-0.2, -0.15) is 0 Å². The maximum atomic E-state index is 14.9. The van der Waals surface area contributed by atoms with Crippen LogP contribution in [0.4, 0.5) is 8.78 Å². The quantitative estimate of drug-likeness (QED) is 0.361. The number of carboxylic acids is 1. The van der Waals surface area contributed by atoms with Crippen molar-refractivity contribution in [2.45, 2.75) is 50.2 Å². The predicted molar refractivity (Wildman–Crippen MR) is 134 cm³/mol. The number of rotatable bonds is 8.